The van der Waals surface area contributed by atoms with E-state index in [1.165, 1.54) is 12.1 Å². The van der Waals surface area contributed by atoms with Crippen LogP contribution in [0.15, 0.2) is 30.3 Å². The molecular formula is C22H23FN4O3S. The van der Waals surface area contributed by atoms with E-state index in [0.717, 1.165) is 12.8 Å². The summed E-state index contributed by atoms with van der Waals surface area (Å²) in [4.78, 5) is 20.0. The number of pyridine rings is 1. The number of aromatic nitrogens is 3. The van der Waals surface area contributed by atoms with Crippen LogP contribution >= 0.6 is 0 Å². The quantitative estimate of drug-likeness (QED) is 0.622. The molecule has 0 unspecified atom stereocenters. The first-order chi connectivity index (χ1) is 14.8. The molecule has 3 aromatic rings. The second-order valence-electron chi connectivity index (χ2n) is 8.35. The Balaban J connectivity index is 1.72. The zero-order valence-corrected chi connectivity index (χ0v) is 18.0. The lowest BCUT2D eigenvalue weighted by atomic mass is 10.0. The van der Waals surface area contributed by atoms with E-state index >= 15 is 0 Å². The molecule has 4 heterocycles. The third kappa shape index (κ3) is 3.60. The van der Waals surface area contributed by atoms with Crippen molar-refractivity contribution in [2.75, 3.05) is 24.6 Å². The number of benzene rings is 1. The molecule has 0 aliphatic carbocycles. The van der Waals surface area contributed by atoms with Crippen LogP contribution in [0.1, 0.15) is 41.4 Å². The number of rotatable bonds is 3. The van der Waals surface area contributed by atoms with Gasteiger partial charge in [0.25, 0.3) is 5.91 Å². The van der Waals surface area contributed by atoms with Crippen LogP contribution in [0, 0.1) is 12.7 Å². The van der Waals surface area contributed by atoms with E-state index in [4.69, 9.17) is 4.98 Å². The minimum Gasteiger partial charge on any atom is -0.339 e. The Labute approximate surface area is 179 Å². The van der Waals surface area contributed by atoms with Gasteiger partial charge in [0.05, 0.1) is 39.9 Å². The van der Waals surface area contributed by atoms with Crippen LogP contribution in [0.2, 0.25) is 0 Å². The molecule has 0 spiro atoms. The fraction of sp³-hybridized carbons (Fsp3) is 0.409. The van der Waals surface area contributed by atoms with Crippen molar-refractivity contribution in [3.63, 3.8) is 0 Å². The van der Waals surface area contributed by atoms with Gasteiger partial charge in [-0.15, -0.1) is 0 Å². The smallest absolute Gasteiger partial charge is 0.254 e. The maximum Gasteiger partial charge on any atom is 0.254 e. The monoisotopic (exact) mass is 442 g/mol. The van der Waals surface area contributed by atoms with Crippen LogP contribution in [-0.4, -0.2) is 58.6 Å². The number of halogens is 1. The summed E-state index contributed by atoms with van der Waals surface area (Å²) in [6.07, 6.45) is 2.42. The number of aryl methyl sites for hydroxylation is 1. The van der Waals surface area contributed by atoms with Crippen LogP contribution in [0.4, 0.5) is 4.39 Å². The highest BCUT2D eigenvalue weighted by atomic mass is 32.2. The molecule has 7 nitrogen and oxygen atoms in total. The Morgan fingerprint density at radius 2 is 1.87 bits per heavy atom. The lowest BCUT2D eigenvalue weighted by Gasteiger charge is -2.17. The highest BCUT2D eigenvalue weighted by Gasteiger charge is 2.33. The van der Waals surface area contributed by atoms with Crippen LogP contribution in [-0.2, 0) is 9.84 Å². The van der Waals surface area contributed by atoms with E-state index in [-0.39, 0.29) is 29.3 Å². The van der Waals surface area contributed by atoms with Gasteiger partial charge >= 0.3 is 0 Å². The maximum atomic E-state index is 13.5. The molecule has 0 bridgehead atoms. The van der Waals surface area contributed by atoms with Gasteiger partial charge in [-0.25, -0.2) is 22.5 Å². The van der Waals surface area contributed by atoms with Gasteiger partial charge in [-0.1, -0.05) is 0 Å². The summed E-state index contributed by atoms with van der Waals surface area (Å²) >= 11 is 0. The number of likely N-dealkylation sites (tertiary alicyclic amines) is 1. The third-order valence-electron chi connectivity index (χ3n) is 6.15. The molecule has 31 heavy (non-hydrogen) atoms. The molecule has 2 aliphatic heterocycles. The Hall–Kier alpha value is -2.81. The highest BCUT2D eigenvalue weighted by molar-refractivity contribution is 7.91. The summed E-state index contributed by atoms with van der Waals surface area (Å²) < 4.78 is 39.3. The summed E-state index contributed by atoms with van der Waals surface area (Å²) in [5, 5.41) is 5.27. The Morgan fingerprint density at radius 3 is 2.52 bits per heavy atom. The van der Waals surface area contributed by atoms with Gasteiger partial charge in [0, 0.05) is 18.7 Å². The van der Waals surface area contributed by atoms with E-state index < -0.39 is 9.84 Å². The number of carbonyl (C=O) groups is 1. The molecule has 2 aliphatic rings. The average Bonchev–Trinajstić information content (AvgIpc) is 3.47. The summed E-state index contributed by atoms with van der Waals surface area (Å²) in [7, 11) is -3.12. The van der Waals surface area contributed by atoms with Crippen LogP contribution in [0.3, 0.4) is 0 Å². The van der Waals surface area contributed by atoms with Gasteiger partial charge in [-0.05, 0) is 56.5 Å². The van der Waals surface area contributed by atoms with Gasteiger partial charge < -0.3 is 4.90 Å². The van der Waals surface area contributed by atoms with Crippen LogP contribution < -0.4 is 0 Å². The number of amides is 1. The van der Waals surface area contributed by atoms with E-state index in [2.05, 4.69) is 5.10 Å². The molecule has 1 amide bonds. The van der Waals surface area contributed by atoms with Crippen LogP contribution in [0.5, 0.6) is 0 Å². The van der Waals surface area contributed by atoms with Crippen molar-refractivity contribution in [1.29, 1.82) is 0 Å². The zero-order chi connectivity index (χ0) is 21.8. The lowest BCUT2D eigenvalue weighted by Crippen LogP contribution is -2.28. The average molecular weight is 443 g/mol. The Kier molecular flexibility index (Phi) is 4.80. The van der Waals surface area contributed by atoms with Crippen molar-refractivity contribution >= 4 is 26.8 Å². The molecular weight excluding hydrogens is 419 g/mol. The van der Waals surface area contributed by atoms with Crippen LogP contribution in [0.25, 0.3) is 22.3 Å². The molecule has 1 aromatic carbocycles. The van der Waals surface area contributed by atoms with Gasteiger partial charge in [-0.3, -0.25) is 4.79 Å². The first-order valence-electron chi connectivity index (χ1n) is 10.5. The molecule has 1 atom stereocenters. The molecule has 0 N–H and O–H groups in total. The standard InChI is InChI=1S/C22H23FN4O3S/c1-14-20-18(22(28)26-9-2-3-10-26)12-19(15-4-6-16(23)7-5-15)24-21(20)27(25-14)17-8-11-31(29,30)13-17/h4-7,12,17H,2-3,8-11,13H2,1H3/t17-/m0/s1. The number of fused-ring (bicyclic) bond motifs is 1. The maximum absolute atomic E-state index is 13.5. The Morgan fingerprint density at radius 1 is 1.16 bits per heavy atom. The second-order valence-corrected chi connectivity index (χ2v) is 10.6. The SMILES string of the molecule is Cc1nn([C@H]2CCS(=O)(=O)C2)c2nc(-c3ccc(F)cc3)cc(C(=O)N3CCCC3)c12. The van der Waals surface area contributed by atoms with Crippen molar-refractivity contribution in [3.05, 3.63) is 47.4 Å². The topological polar surface area (TPSA) is 85.2 Å². The van der Waals surface area contributed by atoms with Gasteiger partial charge in [0.15, 0.2) is 15.5 Å². The number of hydrogen-bond donors (Lipinski definition) is 0. The predicted octanol–water partition coefficient (Wildman–Crippen LogP) is 3.14. The molecule has 0 radical (unpaired) electrons. The fourth-order valence-electron chi connectivity index (χ4n) is 4.56. The van der Waals surface area contributed by atoms with Crippen molar-refractivity contribution in [3.8, 4) is 11.3 Å². The van der Waals surface area contributed by atoms with Crippen molar-refractivity contribution in [1.82, 2.24) is 19.7 Å². The van der Waals surface area contributed by atoms with Gasteiger partial charge in [0.2, 0.25) is 0 Å². The van der Waals surface area contributed by atoms with E-state index in [1.807, 2.05) is 11.8 Å². The largest absolute Gasteiger partial charge is 0.339 e. The number of nitrogens with zero attached hydrogens (tertiary/aromatic N) is 4. The minimum absolute atomic E-state index is 0.0150. The predicted molar refractivity (Wildman–Crippen MR) is 115 cm³/mol. The number of hydrogen-bond acceptors (Lipinski definition) is 5. The highest BCUT2D eigenvalue weighted by Crippen LogP contribution is 2.33. The summed E-state index contributed by atoms with van der Waals surface area (Å²) in [6, 6.07) is 7.40. The lowest BCUT2D eigenvalue weighted by molar-refractivity contribution is 0.0794. The first-order valence-corrected chi connectivity index (χ1v) is 12.3. The molecule has 2 fully saturated rings. The first kappa shape index (κ1) is 20.1. The summed E-state index contributed by atoms with van der Waals surface area (Å²) in [6.45, 7) is 3.24. The molecule has 9 heteroatoms. The summed E-state index contributed by atoms with van der Waals surface area (Å²) in [5.74, 6) is -0.290. The van der Waals surface area contributed by atoms with E-state index in [1.54, 1.807) is 22.9 Å². The van der Waals surface area contributed by atoms with Crippen molar-refractivity contribution in [2.45, 2.75) is 32.2 Å². The minimum atomic E-state index is -3.12. The van der Waals surface area contributed by atoms with E-state index in [0.29, 0.717) is 53.1 Å². The van der Waals surface area contributed by atoms with Gasteiger partial charge in [0.1, 0.15) is 5.82 Å². The van der Waals surface area contributed by atoms with Crippen molar-refractivity contribution in [2.24, 2.45) is 0 Å². The second kappa shape index (κ2) is 7.40. The molecule has 2 aromatic heterocycles. The fourth-order valence-corrected chi connectivity index (χ4v) is 6.26. The normalized spacial score (nSPS) is 20.6. The summed E-state index contributed by atoms with van der Waals surface area (Å²) in [5.41, 5.74) is 2.89. The molecule has 0 saturated carbocycles. The van der Waals surface area contributed by atoms with Gasteiger partial charge in [-0.2, -0.15) is 5.10 Å². The van der Waals surface area contributed by atoms with E-state index in [9.17, 15) is 17.6 Å². The van der Waals surface area contributed by atoms with Crippen molar-refractivity contribution < 1.29 is 17.6 Å². The molecule has 162 valence electrons. The zero-order valence-electron chi connectivity index (χ0n) is 17.2. The third-order valence-corrected chi connectivity index (χ3v) is 7.91. The Bertz CT molecular complexity index is 1280. The number of sulfone groups is 1. The molecule has 5 rings (SSSR count). The molecule has 2 saturated heterocycles. The number of carbonyl (C=O) groups excluding carboxylic acids is 1.